The highest BCUT2D eigenvalue weighted by molar-refractivity contribution is 5.99. The quantitative estimate of drug-likeness (QED) is 0.121. The zero-order chi connectivity index (χ0) is 67.6. The predicted molar refractivity (Wildman–Crippen MR) is 335 cm³/mol. The molecule has 24 nitrogen and oxygen atoms in total. The minimum atomic E-state index is -1.64. The molecule has 0 bridgehead atoms. The fourth-order valence-electron chi connectivity index (χ4n) is 10.8. The van der Waals surface area contributed by atoms with Gasteiger partial charge in [0.25, 0.3) is 0 Å². The van der Waals surface area contributed by atoms with Gasteiger partial charge in [0, 0.05) is 55.8 Å². The van der Waals surface area contributed by atoms with Crippen molar-refractivity contribution in [3.8, 4) is 0 Å². The number of aliphatic hydroxyl groups is 2. The van der Waals surface area contributed by atoms with E-state index < -0.39 is 161 Å². The first-order valence-electron chi connectivity index (χ1n) is 31.1. The molecule has 0 spiro atoms. The second-order valence-electron chi connectivity index (χ2n) is 26.8. The number of rotatable bonds is 16. The molecule has 1 aliphatic rings. The molecule has 12 atom stereocenters. The Hall–Kier alpha value is -6.17. The van der Waals surface area contributed by atoms with E-state index in [4.69, 9.17) is 0 Å². The van der Waals surface area contributed by atoms with Crippen LogP contribution in [0.5, 0.6) is 0 Å². The topological polar surface area (TPSA) is 299 Å². The molecule has 1 aliphatic heterocycles. The smallest absolute Gasteiger partial charge is 0.246 e. The van der Waals surface area contributed by atoms with Crippen molar-refractivity contribution >= 4 is 65.0 Å². The van der Waals surface area contributed by atoms with Crippen LogP contribution in [0.15, 0.2) is 12.2 Å². The molecule has 0 saturated carbocycles. The average molecular weight is 1230 g/mol. The van der Waals surface area contributed by atoms with Crippen molar-refractivity contribution in [2.45, 2.75) is 235 Å². The van der Waals surface area contributed by atoms with Crippen molar-refractivity contribution in [1.29, 1.82) is 0 Å². The van der Waals surface area contributed by atoms with E-state index in [0.29, 0.717) is 12.8 Å². The van der Waals surface area contributed by atoms with Crippen molar-refractivity contribution in [2.24, 2.45) is 35.5 Å². The van der Waals surface area contributed by atoms with Gasteiger partial charge in [0.15, 0.2) is 0 Å². The molecule has 0 aromatic rings. The van der Waals surface area contributed by atoms with E-state index in [1.807, 2.05) is 41.5 Å². The summed E-state index contributed by atoms with van der Waals surface area (Å²) in [6.45, 7) is 28.3. The molecule has 1 saturated heterocycles. The fourth-order valence-corrected chi connectivity index (χ4v) is 10.8. The Labute approximate surface area is 520 Å². The van der Waals surface area contributed by atoms with Crippen LogP contribution < -0.4 is 21.3 Å². The van der Waals surface area contributed by atoms with Crippen molar-refractivity contribution in [1.82, 2.24) is 55.6 Å². The SMILES string of the molecule is C/C=C/C[C@@H](C)[C@@H](O)[C@H]1C(=O)N[C@@H](CC)C(=O)N(C)CC(=O)N(C)[C@@H](CC(C)(C)O)C(=O)N[C@H](C(C)C)C(=O)N(C)[C@H](CCC(C)C)C(=O)N[C@H](C)C(=O)N[C@@H](C)C(=O)N(C)[C@@H](CC(C)C)C(=O)N(C)[C@@H](CC(C)C)C(=O)N(C)[C@@H](C(C)C)C(=O)N1C. The summed E-state index contributed by atoms with van der Waals surface area (Å²) in [5, 5.41) is 34.1. The van der Waals surface area contributed by atoms with Gasteiger partial charge in [-0.15, -0.1) is 0 Å². The van der Waals surface area contributed by atoms with Crippen LogP contribution in [0, 0.1) is 35.5 Å². The number of nitrogens with zero attached hydrogens (tertiary/aromatic N) is 7. The molecular weight excluding hydrogens is 1120 g/mol. The van der Waals surface area contributed by atoms with E-state index >= 15 is 9.59 Å². The van der Waals surface area contributed by atoms with Gasteiger partial charge in [0.05, 0.1) is 18.2 Å². The fraction of sp³-hybridized carbons (Fsp3) is 0.794. The molecule has 0 aromatic carbocycles. The molecule has 87 heavy (non-hydrogen) atoms. The number of carbonyl (C=O) groups is 11. The Morgan fingerprint density at radius 3 is 1.46 bits per heavy atom. The molecule has 24 heteroatoms. The maximum absolute atomic E-state index is 15.1. The Morgan fingerprint density at radius 2 is 1.00 bits per heavy atom. The molecular formula is C63H113N11O13. The lowest BCUT2D eigenvalue weighted by Gasteiger charge is -2.41. The van der Waals surface area contributed by atoms with Crippen LogP contribution >= 0.6 is 0 Å². The molecule has 0 aromatic heterocycles. The summed E-state index contributed by atoms with van der Waals surface area (Å²) >= 11 is 0. The molecule has 0 aliphatic carbocycles. The van der Waals surface area contributed by atoms with E-state index in [1.165, 1.54) is 96.6 Å². The molecule has 1 rings (SSSR count). The van der Waals surface area contributed by atoms with Crippen LogP contribution in [-0.4, -0.2) is 237 Å². The highest BCUT2D eigenvalue weighted by Crippen LogP contribution is 2.26. The standard InChI is InChI=1S/C63H113N11O13/c1-25-27-28-40(13)52(76)51-56(80)66-43(26-2)58(82)68(18)34-48(75)69(19)47(33-63(16,17)87)55(79)67-49(38(9)10)61(85)70(20)44(30-29-35(3)4)54(78)64-41(14)53(77)65-42(15)57(81)71(21)45(31-36(5)6)59(83)72(22)46(32-37(7)8)60(84)73(23)50(39(11)12)62(86)74(51)24/h25,27,35-47,49-52,76,87H,26,28-34H2,1-24H3,(H,64,78)(H,65,77)(H,66,80)(H,67,79)/b27-25+/t40-,41-,42+,43+,44-,45+,46+,47+,49-,50+,51+,52-/m1/s1. The first-order valence-corrected chi connectivity index (χ1v) is 31.1. The van der Waals surface area contributed by atoms with Gasteiger partial charge in [-0.25, -0.2) is 0 Å². The van der Waals surface area contributed by atoms with Crippen molar-refractivity contribution in [3.63, 3.8) is 0 Å². The lowest BCUT2D eigenvalue weighted by molar-refractivity contribution is -0.157. The second-order valence-corrected chi connectivity index (χ2v) is 26.8. The summed E-state index contributed by atoms with van der Waals surface area (Å²) in [7, 11) is 9.70. The first kappa shape index (κ1) is 78.8. The Balaban J connectivity index is 4.36. The summed E-state index contributed by atoms with van der Waals surface area (Å²) in [4.78, 5) is 169. The molecule has 1 fully saturated rings. The van der Waals surface area contributed by atoms with Gasteiger partial charge in [-0.05, 0) is 109 Å². The van der Waals surface area contributed by atoms with Crippen LogP contribution in [0.3, 0.4) is 0 Å². The Morgan fingerprint density at radius 1 is 0.529 bits per heavy atom. The van der Waals surface area contributed by atoms with Crippen LogP contribution in [0.1, 0.15) is 163 Å². The van der Waals surface area contributed by atoms with Crippen molar-refractivity contribution in [3.05, 3.63) is 12.2 Å². The van der Waals surface area contributed by atoms with Crippen molar-refractivity contribution < 1.29 is 63.0 Å². The van der Waals surface area contributed by atoms with Gasteiger partial charge in [-0.1, -0.05) is 95.2 Å². The highest BCUT2D eigenvalue weighted by atomic mass is 16.3. The summed E-state index contributed by atoms with van der Waals surface area (Å²) < 4.78 is 0. The third-order valence-corrected chi connectivity index (χ3v) is 16.4. The second kappa shape index (κ2) is 35.1. The molecule has 1 heterocycles. The van der Waals surface area contributed by atoms with Crippen LogP contribution in [0.2, 0.25) is 0 Å². The number of aliphatic hydroxyl groups excluding tert-OH is 1. The van der Waals surface area contributed by atoms with Crippen LogP contribution in [-0.2, 0) is 52.7 Å². The summed E-state index contributed by atoms with van der Waals surface area (Å²) in [6.07, 6.45) is 2.90. The summed E-state index contributed by atoms with van der Waals surface area (Å²) in [5.74, 6) is -10.0. The number of allylic oxidation sites excluding steroid dienone is 2. The largest absolute Gasteiger partial charge is 0.390 e. The van der Waals surface area contributed by atoms with E-state index in [9.17, 15) is 53.4 Å². The minimum absolute atomic E-state index is 0.0132. The van der Waals surface area contributed by atoms with Gasteiger partial charge >= 0.3 is 0 Å². The first-order chi connectivity index (χ1) is 40.0. The Bertz CT molecular complexity index is 2390. The number of likely N-dealkylation sites (N-methyl/N-ethyl adjacent to an activating group) is 7. The monoisotopic (exact) mass is 1230 g/mol. The number of carbonyl (C=O) groups excluding carboxylic acids is 11. The van der Waals surface area contributed by atoms with Gasteiger partial charge in [-0.3, -0.25) is 52.7 Å². The third kappa shape index (κ3) is 22.7. The van der Waals surface area contributed by atoms with E-state index in [1.54, 1.807) is 60.6 Å². The number of hydrogen-bond acceptors (Lipinski definition) is 13. The summed E-state index contributed by atoms with van der Waals surface area (Å²) in [6, 6.07) is -12.9. The molecule has 0 radical (unpaired) electrons. The third-order valence-electron chi connectivity index (χ3n) is 16.4. The lowest BCUT2D eigenvalue weighted by Crippen LogP contribution is -2.63. The highest BCUT2D eigenvalue weighted by Gasteiger charge is 2.46. The number of nitrogens with one attached hydrogen (secondary N) is 4. The van der Waals surface area contributed by atoms with Gasteiger partial charge in [-0.2, -0.15) is 0 Å². The van der Waals surface area contributed by atoms with E-state index in [-0.39, 0.29) is 49.9 Å². The van der Waals surface area contributed by atoms with Crippen molar-refractivity contribution in [2.75, 3.05) is 55.9 Å². The number of hydrogen-bond donors (Lipinski definition) is 6. The predicted octanol–water partition coefficient (Wildman–Crippen LogP) is 2.77. The lowest BCUT2D eigenvalue weighted by atomic mass is 9.91. The van der Waals surface area contributed by atoms with Gasteiger partial charge in [0.1, 0.15) is 60.4 Å². The van der Waals surface area contributed by atoms with Crippen LogP contribution in [0.4, 0.5) is 0 Å². The molecule has 6 N–H and O–H groups in total. The van der Waals surface area contributed by atoms with Gasteiger partial charge < -0.3 is 65.8 Å². The van der Waals surface area contributed by atoms with E-state index in [2.05, 4.69) is 21.3 Å². The zero-order valence-corrected chi connectivity index (χ0v) is 57.1. The maximum atomic E-state index is 15.1. The zero-order valence-electron chi connectivity index (χ0n) is 57.1. The average Bonchev–Trinajstić information content (AvgIpc) is 1.28. The maximum Gasteiger partial charge on any atom is 0.246 e. The van der Waals surface area contributed by atoms with Gasteiger partial charge in [0.2, 0.25) is 65.0 Å². The molecule has 0 unspecified atom stereocenters. The Kier molecular flexibility index (Phi) is 31.8. The molecule has 498 valence electrons. The van der Waals surface area contributed by atoms with E-state index in [0.717, 1.165) is 14.7 Å². The number of amides is 11. The summed E-state index contributed by atoms with van der Waals surface area (Å²) in [5.41, 5.74) is -1.55. The van der Waals surface area contributed by atoms with Crippen LogP contribution in [0.25, 0.3) is 0 Å². The minimum Gasteiger partial charge on any atom is -0.390 e. The molecule has 11 amide bonds. The normalized spacial score (nSPS) is 26.7.